The molecule has 5 atom stereocenters. The van der Waals surface area contributed by atoms with E-state index >= 15 is 0 Å². The number of rotatable bonds is 6. The molecule has 0 N–H and O–H groups in total. The van der Waals surface area contributed by atoms with Gasteiger partial charge in [0.25, 0.3) is 0 Å². The molecule has 0 saturated carbocycles. The lowest BCUT2D eigenvalue weighted by atomic mass is 9.99. The molecular weight excluding hydrogens is 312 g/mol. The van der Waals surface area contributed by atoms with Crippen molar-refractivity contribution >= 4 is 24.2 Å². The second kappa shape index (κ2) is 8.59. The summed E-state index contributed by atoms with van der Waals surface area (Å²) in [5, 5.41) is 0. The largest absolute Gasteiger partial charge is 0.456 e. The Kier molecular flexibility index (Phi) is 7.11. The number of aldehydes is 1. The summed E-state index contributed by atoms with van der Waals surface area (Å²) in [6.45, 7) is 4.77. The predicted octanol–water partition coefficient (Wildman–Crippen LogP) is -0.258. The van der Waals surface area contributed by atoms with Crippen LogP contribution in [-0.4, -0.2) is 61.5 Å². The summed E-state index contributed by atoms with van der Waals surface area (Å²) in [5.41, 5.74) is 0. The quantitative estimate of drug-likeness (QED) is 0.368. The minimum absolute atomic E-state index is 0.305. The lowest BCUT2D eigenvalue weighted by Crippen LogP contribution is -2.61. The summed E-state index contributed by atoms with van der Waals surface area (Å²) in [6.07, 6.45) is -4.66. The summed E-state index contributed by atoms with van der Waals surface area (Å²) in [4.78, 5) is 44.4. The van der Waals surface area contributed by atoms with Gasteiger partial charge in [-0.05, 0) is 6.92 Å². The van der Waals surface area contributed by atoms with E-state index in [2.05, 4.69) is 0 Å². The van der Waals surface area contributed by atoms with E-state index in [4.69, 9.17) is 23.7 Å². The highest BCUT2D eigenvalue weighted by Crippen LogP contribution is 2.29. The van der Waals surface area contributed by atoms with E-state index in [-0.39, 0.29) is 6.61 Å². The van der Waals surface area contributed by atoms with Gasteiger partial charge in [-0.3, -0.25) is 14.4 Å². The Labute approximate surface area is 133 Å². The van der Waals surface area contributed by atoms with E-state index in [0.717, 1.165) is 13.8 Å². The number of carbonyl (C=O) groups excluding carboxylic acids is 4. The third kappa shape index (κ3) is 5.61. The molecule has 0 radical (unpaired) electrons. The van der Waals surface area contributed by atoms with Crippen LogP contribution in [0.15, 0.2) is 0 Å². The van der Waals surface area contributed by atoms with Crippen molar-refractivity contribution in [3.63, 3.8) is 0 Å². The normalized spacial score (nSPS) is 30.2. The molecule has 0 bridgehead atoms. The highest BCUT2D eigenvalue weighted by Gasteiger charge is 2.50. The molecule has 130 valence electrons. The standard InChI is InChI=1S/C14H20O9/c1-7-11(21-8(2)16)12(22-9(3)17)13(23-10(4)18)14(20-7)19-6-5-15/h5,7,11-14H,6H2,1-4H3/t7-,11+,12+,13-,14+/m0/s1. The van der Waals surface area contributed by atoms with Gasteiger partial charge in [0.2, 0.25) is 0 Å². The lowest BCUT2D eigenvalue weighted by Gasteiger charge is -2.43. The van der Waals surface area contributed by atoms with Crippen LogP contribution in [0.1, 0.15) is 27.7 Å². The molecule has 0 aromatic rings. The molecule has 0 aromatic carbocycles. The lowest BCUT2D eigenvalue weighted by molar-refractivity contribution is -0.298. The molecule has 1 aliphatic heterocycles. The molecule has 1 heterocycles. The third-order valence-corrected chi connectivity index (χ3v) is 2.96. The summed E-state index contributed by atoms with van der Waals surface area (Å²) >= 11 is 0. The van der Waals surface area contributed by atoms with Crippen LogP contribution in [0.4, 0.5) is 0 Å². The van der Waals surface area contributed by atoms with Crippen LogP contribution in [0.25, 0.3) is 0 Å². The van der Waals surface area contributed by atoms with Crippen molar-refractivity contribution in [2.24, 2.45) is 0 Å². The van der Waals surface area contributed by atoms with E-state index in [1.54, 1.807) is 6.92 Å². The van der Waals surface area contributed by atoms with Gasteiger partial charge in [0.05, 0.1) is 6.10 Å². The molecule has 9 nitrogen and oxygen atoms in total. The number of ether oxygens (including phenoxy) is 5. The highest BCUT2D eigenvalue weighted by molar-refractivity contribution is 5.68. The molecule has 9 heteroatoms. The fourth-order valence-corrected chi connectivity index (χ4v) is 2.24. The Morgan fingerprint density at radius 3 is 1.87 bits per heavy atom. The molecule has 1 saturated heterocycles. The summed E-state index contributed by atoms with van der Waals surface area (Å²) in [5.74, 6) is -1.95. The molecular formula is C14H20O9. The zero-order chi connectivity index (χ0) is 17.6. The van der Waals surface area contributed by atoms with Crippen LogP contribution in [0.5, 0.6) is 0 Å². The molecule has 0 unspecified atom stereocenters. The van der Waals surface area contributed by atoms with E-state index in [9.17, 15) is 19.2 Å². The van der Waals surface area contributed by atoms with Crippen LogP contribution < -0.4 is 0 Å². The van der Waals surface area contributed by atoms with Gasteiger partial charge in [0, 0.05) is 20.8 Å². The van der Waals surface area contributed by atoms with Gasteiger partial charge < -0.3 is 28.5 Å². The molecule has 1 fully saturated rings. The van der Waals surface area contributed by atoms with Crippen LogP contribution >= 0.6 is 0 Å². The van der Waals surface area contributed by atoms with Crippen LogP contribution in [0, 0.1) is 0 Å². The second-order valence-corrected chi connectivity index (χ2v) is 4.93. The van der Waals surface area contributed by atoms with Crippen LogP contribution in [-0.2, 0) is 42.9 Å². The maximum absolute atomic E-state index is 11.4. The summed E-state index contributed by atoms with van der Waals surface area (Å²) in [6, 6.07) is 0. The maximum Gasteiger partial charge on any atom is 0.303 e. The molecule has 0 aromatic heterocycles. The van der Waals surface area contributed by atoms with Crippen molar-refractivity contribution in [3.05, 3.63) is 0 Å². The Morgan fingerprint density at radius 2 is 1.39 bits per heavy atom. The van der Waals surface area contributed by atoms with Crippen molar-refractivity contribution in [2.45, 2.75) is 58.4 Å². The Hall–Kier alpha value is -2.00. The molecule has 0 aliphatic carbocycles. The van der Waals surface area contributed by atoms with Gasteiger partial charge in [-0.1, -0.05) is 0 Å². The van der Waals surface area contributed by atoms with Gasteiger partial charge in [-0.25, -0.2) is 0 Å². The minimum atomic E-state index is -1.18. The minimum Gasteiger partial charge on any atom is -0.456 e. The SMILES string of the molecule is CC(=O)O[C@H]1[C@H](OC(C)=O)[C@H](OCC=O)O[C@@H](C)[C@H]1OC(C)=O. The Balaban J connectivity index is 3.10. The van der Waals surface area contributed by atoms with Crippen molar-refractivity contribution < 1.29 is 42.9 Å². The topological polar surface area (TPSA) is 114 Å². The molecule has 1 rings (SSSR count). The highest BCUT2D eigenvalue weighted by atomic mass is 16.7. The number of carbonyl (C=O) groups is 4. The van der Waals surface area contributed by atoms with E-state index in [0.29, 0.717) is 6.29 Å². The van der Waals surface area contributed by atoms with Crippen molar-refractivity contribution in [1.29, 1.82) is 0 Å². The fraction of sp³-hybridized carbons (Fsp3) is 0.714. The second-order valence-electron chi connectivity index (χ2n) is 4.93. The molecule has 23 heavy (non-hydrogen) atoms. The smallest absolute Gasteiger partial charge is 0.303 e. The Bertz CT molecular complexity index is 461. The molecule has 0 amide bonds. The summed E-state index contributed by atoms with van der Waals surface area (Å²) in [7, 11) is 0. The Morgan fingerprint density at radius 1 is 0.913 bits per heavy atom. The molecule has 0 spiro atoms. The van der Waals surface area contributed by atoms with Crippen molar-refractivity contribution in [3.8, 4) is 0 Å². The number of hydrogen-bond donors (Lipinski definition) is 0. The van der Waals surface area contributed by atoms with E-state index in [1.165, 1.54) is 6.92 Å². The number of esters is 3. The first-order valence-corrected chi connectivity index (χ1v) is 6.98. The fourth-order valence-electron chi connectivity index (χ4n) is 2.24. The zero-order valence-electron chi connectivity index (χ0n) is 13.3. The van der Waals surface area contributed by atoms with Gasteiger partial charge >= 0.3 is 17.9 Å². The van der Waals surface area contributed by atoms with Crippen LogP contribution in [0.3, 0.4) is 0 Å². The van der Waals surface area contributed by atoms with Gasteiger partial charge in [-0.2, -0.15) is 0 Å². The van der Waals surface area contributed by atoms with E-state index in [1.807, 2.05) is 0 Å². The van der Waals surface area contributed by atoms with Crippen molar-refractivity contribution in [1.82, 2.24) is 0 Å². The van der Waals surface area contributed by atoms with Gasteiger partial charge in [0.15, 0.2) is 24.6 Å². The monoisotopic (exact) mass is 332 g/mol. The third-order valence-electron chi connectivity index (χ3n) is 2.96. The van der Waals surface area contributed by atoms with Crippen molar-refractivity contribution in [2.75, 3.05) is 6.61 Å². The average molecular weight is 332 g/mol. The first-order chi connectivity index (χ1) is 10.8. The van der Waals surface area contributed by atoms with E-state index < -0.39 is 48.6 Å². The first kappa shape index (κ1) is 19.0. The van der Waals surface area contributed by atoms with Gasteiger partial charge in [0.1, 0.15) is 12.9 Å². The van der Waals surface area contributed by atoms with Gasteiger partial charge in [-0.15, -0.1) is 0 Å². The summed E-state index contributed by atoms with van der Waals surface area (Å²) < 4.78 is 26.1. The maximum atomic E-state index is 11.4. The zero-order valence-corrected chi connectivity index (χ0v) is 13.3. The first-order valence-electron chi connectivity index (χ1n) is 6.98. The number of hydrogen-bond acceptors (Lipinski definition) is 9. The predicted molar refractivity (Wildman–Crippen MR) is 73.0 cm³/mol. The average Bonchev–Trinajstić information content (AvgIpc) is 2.42. The molecule has 1 aliphatic rings. The van der Waals surface area contributed by atoms with Crippen LogP contribution in [0.2, 0.25) is 0 Å².